The average Bonchev–Trinajstić information content (AvgIpc) is 3.63. The number of fused-ring (bicyclic) bond motifs is 6. The average molecular weight is 842 g/mol. The Labute approximate surface area is 387 Å². The van der Waals surface area contributed by atoms with Crippen LogP contribution in [0.5, 0.6) is 0 Å². The summed E-state index contributed by atoms with van der Waals surface area (Å²) in [7, 11) is 0. The molecule has 0 aliphatic heterocycles. The normalized spacial score (nSPS) is 12.5. The van der Waals surface area contributed by atoms with Crippen molar-refractivity contribution in [1.82, 2.24) is 0 Å². The summed E-state index contributed by atoms with van der Waals surface area (Å²) in [4.78, 5) is 2.44. The fourth-order valence-electron chi connectivity index (χ4n) is 10.8. The molecule has 0 N–H and O–H groups in total. The molecule has 312 valence electrons. The van der Waals surface area contributed by atoms with Gasteiger partial charge in [-0.15, -0.1) is 0 Å². The molecule has 0 fully saturated rings. The van der Waals surface area contributed by atoms with Crippen LogP contribution in [0.25, 0.3) is 88.3 Å². The van der Waals surface area contributed by atoms with E-state index in [-0.39, 0.29) is 5.41 Å². The molecule has 0 spiro atoms. The van der Waals surface area contributed by atoms with E-state index < -0.39 is 0 Å². The van der Waals surface area contributed by atoms with Gasteiger partial charge in [-0.2, -0.15) is 0 Å². The molecule has 0 saturated heterocycles. The van der Waals surface area contributed by atoms with Gasteiger partial charge in [-0.05, 0) is 124 Å². The van der Waals surface area contributed by atoms with Gasteiger partial charge in [0.1, 0.15) is 0 Å². The van der Waals surface area contributed by atoms with E-state index in [2.05, 4.69) is 267 Å². The van der Waals surface area contributed by atoms with Crippen LogP contribution < -0.4 is 4.90 Å². The summed E-state index contributed by atoms with van der Waals surface area (Å²) in [5.41, 5.74) is 20.7. The lowest BCUT2D eigenvalue weighted by atomic mass is 9.79. The van der Waals surface area contributed by atoms with E-state index >= 15 is 0 Å². The molecule has 0 radical (unpaired) electrons. The number of para-hydroxylation sites is 1. The summed E-state index contributed by atoms with van der Waals surface area (Å²) >= 11 is 0. The van der Waals surface area contributed by atoms with Crippen LogP contribution in [0.4, 0.5) is 17.1 Å². The van der Waals surface area contributed by atoms with Gasteiger partial charge in [0.25, 0.3) is 0 Å². The maximum atomic E-state index is 2.44. The highest BCUT2D eigenvalue weighted by Crippen LogP contribution is 2.53. The molecular weight excluding hydrogens is 795 g/mol. The van der Waals surface area contributed by atoms with Crippen LogP contribution in [-0.4, -0.2) is 0 Å². The molecule has 1 nitrogen and oxygen atoms in total. The summed E-state index contributed by atoms with van der Waals surface area (Å²) in [6.07, 6.45) is 0. The molecule has 12 rings (SSSR count). The molecule has 1 heteroatoms. The van der Waals surface area contributed by atoms with Gasteiger partial charge in [-0.1, -0.05) is 232 Å². The van der Waals surface area contributed by atoms with Crippen molar-refractivity contribution in [3.05, 3.63) is 260 Å². The van der Waals surface area contributed by atoms with Crippen molar-refractivity contribution in [3.63, 3.8) is 0 Å². The standard InChI is InChI=1S/C65H47N/c1-65(2)62-32-14-12-26-59(62)61-31-17-29-53(64(61)65)47-36-41-49(42-37-47)66(48-39-34-46(35-40-48)52-28-16-30-55-51-21-7-6-20-45(51)38-43-58(52)55)63-33-15-13-27-60(63)57-25-11-10-24-56(57)54-23-9-8-22-50(54)44-18-4-3-5-19-44/h3-43H,1-2H3. The molecule has 11 aromatic rings. The van der Waals surface area contributed by atoms with Gasteiger partial charge in [0, 0.05) is 22.4 Å². The highest BCUT2D eigenvalue weighted by Gasteiger charge is 2.37. The summed E-state index contributed by atoms with van der Waals surface area (Å²) in [6.45, 7) is 4.74. The number of nitrogens with zero attached hydrogens (tertiary/aromatic N) is 1. The van der Waals surface area contributed by atoms with Crippen LogP contribution >= 0.6 is 0 Å². The summed E-state index contributed by atoms with van der Waals surface area (Å²) < 4.78 is 0. The Bertz CT molecular complexity index is 3600. The Balaban J connectivity index is 1.01. The lowest BCUT2D eigenvalue weighted by Gasteiger charge is -2.29. The van der Waals surface area contributed by atoms with Crippen molar-refractivity contribution in [2.45, 2.75) is 19.3 Å². The Morgan fingerprint density at radius 2 is 0.742 bits per heavy atom. The van der Waals surface area contributed by atoms with Gasteiger partial charge >= 0.3 is 0 Å². The SMILES string of the molecule is CC1(C)c2ccccc2-c2cccc(-c3ccc(N(c4ccc(-c5cccc6c5ccc5ccccc56)cc4)c4ccccc4-c4ccccc4-c4ccccc4-c4ccccc4)cc3)c21. The van der Waals surface area contributed by atoms with Gasteiger partial charge in [0.2, 0.25) is 0 Å². The topological polar surface area (TPSA) is 3.24 Å². The van der Waals surface area contributed by atoms with Crippen molar-refractivity contribution in [2.24, 2.45) is 0 Å². The maximum Gasteiger partial charge on any atom is 0.0540 e. The summed E-state index contributed by atoms with van der Waals surface area (Å²) in [5, 5.41) is 5.07. The predicted molar refractivity (Wildman–Crippen MR) is 281 cm³/mol. The molecule has 11 aromatic carbocycles. The van der Waals surface area contributed by atoms with Gasteiger partial charge < -0.3 is 4.90 Å². The van der Waals surface area contributed by atoms with Crippen molar-refractivity contribution in [3.8, 4) is 66.8 Å². The van der Waals surface area contributed by atoms with Gasteiger partial charge in [0.05, 0.1) is 5.69 Å². The quantitative estimate of drug-likeness (QED) is 0.138. The van der Waals surface area contributed by atoms with E-state index in [9.17, 15) is 0 Å². The largest absolute Gasteiger partial charge is 0.310 e. The minimum atomic E-state index is -0.113. The van der Waals surface area contributed by atoms with Gasteiger partial charge in [-0.25, -0.2) is 0 Å². The maximum absolute atomic E-state index is 2.44. The molecule has 0 bridgehead atoms. The Morgan fingerprint density at radius 3 is 1.47 bits per heavy atom. The number of rotatable bonds is 8. The lowest BCUT2D eigenvalue weighted by molar-refractivity contribution is 0.662. The molecule has 1 aliphatic rings. The Hall–Kier alpha value is -8.26. The third kappa shape index (κ3) is 6.55. The fourth-order valence-corrected chi connectivity index (χ4v) is 10.8. The van der Waals surface area contributed by atoms with E-state index in [1.807, 2.05) is 0 Å². The fraction of sp³-hybridized carbons (Fsp3) is 0.0462. The first-order chi connectivity index (χ1) is 32.5. The van der Waals surface area contributed by atoms with Crippen LogP contribution in [0, 0.1) is 0 Å². The number of anilines is 3. The monoisotopic (exact) mass is 841 g/mol. The van der Waals surface area contributed by atoms with Crippen molar-refractivity contribution < 1.29 is 0 Å². The van der Waals surface area contributed by atoms with E-state index in [4.69, 9.17) is 0 Å². The second-order valence-electron chi connectivity index (χ2n) is 18.0. The molecule has 1 aliphatic carbocycles. The summed E-state index contributed by atoms with van der Waals surface area (Å²) in [6, 6.07) is 91.3. The van der Waals surface area contributed by atoms with Crippen LogP contribution in [0.3, 0.4) is 0 Å². The van der Waals surface area contributed by atoms with Gasteiger partial charge in [0.15, 0.2) is 0 Å². The second kappa shape index (κ2) is 16.1. The minimum absolute atomic E-state index is 0.113. The van der Waals surface area contributed by atoms with Crippen LogP contribution in [-0.2, 0) is 5.41 Å². The highest BCUT2D eigenvalue weighted by molar-refractivity contribution is 6.12. The molecule has 0 atom stereocenters. The zero-order chi connectivity index (χ0) is 44.2. The molecule has 0 saturated carbocycles. The first-order valence-corrected chi connectivity index (χ1v) is 23.0. The highest BCUT2D eigenvalue weighted by atomic mass is 15.1. The Morgan fingerprint density at radius 1 is 0.273 bits per heavy atom. The van der Waals surface area contributed by atoms with E-state index in [0.29, 0.717) is 0 Å². The van der Waals surface area contributed by atoms with Crippen LogP contribution in [0.15, 0.2) is 249 Å². The van der Waals surface area contributed by atoms with Crippen molar-refractivity contribution >= 4 is 38.6 Å². The second-order valence-corrected chi connectivity index (χ2v) is 18.0. The zero-order valence-electron chi connectivity index (χ0n) is 37.1. The smallest absolute Gasteiger partial charge is 0.0540 e. The zero-order valence-corrected chi connectivity index (χ0v) is 37.1. The lowest BCUT2D eigenvalue weighted by Crippen LogP contribution is -2.16. The number of hydrogen-bond donors (Lipinski definition) is 0. The molecule has 0 aromatic heterocycles. The molecule has 66 heavy (non-hydrogen) atoms. The van der Waals surface area contributed by atoms with E-state index in [1.165, 1.54) is 93.9 Å². The molecular formula is C65H47N. The number of hydrogen-bond acceptors (Lipinski definition) is 1. The Kier molecular flexibility index (Phi) is 9.58. The molecule has 0 heterocycles. The first-order valence-electron chi connectivity index (χ1n) is 23.0. The number of benzene rings is 11. The van der Waals surface area contributed by atoms with E-state index in [0.717, 1.165) is 22.6 Å². The molecule has 0 amide bonds. The van der Waals surface area contributed by atoms with Gasteiger partial charge in [-0.3, -0.25) is 0 Å². The third-order valence-corrected chi connectivity index (χ3v) is 13.9. The van der Waals surface area contributed by atoms with Crippen LogP contribution in [0.2, 0.25) is 0 Å². The third-order valence-electron chi connectivity index (χ3n) is 13.9. The minimum Gasteiger partial charge on any atom is -0.310 e. The predicted octanol–water partition coefficient (Wildman–Crippen LogP) is 18.1. The first kappa shape index (κ1) is 39.3. The van der Waals surface area contributed by atoms with Crippen molar-refractivity contribution in [2.75, 3.05) is 4.90 Å². The summed E-state index contributed by atoms with van der Waals surface area (Å²) in [5.74, 6) is 0. The molecule has 0 unspecified atom stereocenters. The van der Waals surface area contributed by atoms with E-state index in [1.54, 1.807) is 0 Å². The van der Waals surface area contributed by atoms with Crippen molar-refractivity contribution in [1.29, 1.82) is 0 Å². The van der Waals surface area contributed by atoms with Crippen LogP contribution in [0.1, 0.15) is 25.0 Å².